The van der Waals surface area contributed by atoms with Crippen molar-refractivity contribution in [3.8, 4) is 5.75 Å². The van der Waals surface area contributed by atoms with Gasteiger partial charge < -0.3 is 14.4 Å². The van der Waals surface area contributed by atoms with E-state index in [4.69, 9.17) is 14.5 Å². The second-order valence-corrected chi connectivity index (χ2v) is 12.5. The molecule has 43 heavy (non-hydrogen) atoms. The Bertz CT molecular complexity index is 1570. The number of nitrogens with one attached hydrogen (secondary N) is 1. The van der Waals surface area contributed by atoms with Gasteiger partial charge in [0.05, 0.1) is 11.6 Å². The third kappa shape index (κ3) is 5.76. The van der Waals surface area contributed by atoms with Gasteiger partial charge in [0.1, 0.15) is 17.9 Å². The summed E-state index contributed by atoms with van der Waals surface area (Å²) in [5.41, 5.74) is 4.96. The molecule has 0 bridgehead atoms. The molecule has 4 aliphatic rings. The molecule has 4 atom stereocenters. The number of likely N-dealkylation sites (tertiary alicyclic amines) is 1. The van der Waals surface area contributed by atoms with Crippen LogP contribution >= 0.6 is 0 Å². The molecule has 0 radical (unpaired) electrons. The highest BCUT2D eigenvalue weighted by molar-refractivity contribution is 6.05. The molecule has 0 spiro atoms. The molecule has 3 amide bonds. The normalized spacial score (nSPS) is 26.2. The number of nitrogens with zero attached hydrogens (tertiary/aromatic N) is 3. The molecule has 1 saturated carbocycles. The zero-order valence-corrected chi connectivity index (χ0v) is 24.6. The molecule has 1 N–H and O–H groups in total. The topological polar surface area (TPSA) is 101 Å². The first-order chi connectivity index (χ1) is 20.9. The Balaban J connectivity index is 0.953. The third-order valence-corrected chi connectivity index (χ3v) is 9.59. The predicted molar refractivity (Wildman–Crippen MR) is 161 cm³/mol. The van der Waals surface area contributed by atoms with Gasteiger partial charge >= 0.3 is 0 Å². The van der Waals surface area contributed by atoms with E-state index in [9.17, 15) is 14.4 Å². The van der Waals surface area contributed by atoms with Crippen LogP contribution in [0.5, 0.6) is 5.75 Å². The molecule has 3 aliphatic heterocycles. The molecular weight excluding hydrogens is 544 g/mol. The van der Waals surface area contributed by atoms with E-state index in [-0.39, 0.29) is 24.3 Å². The van der Waals surface area contributed by atoms with Crippen LogP contribution in [0.2, 0.25) is 0 Å². The zero-order chi connectivity index (χ0) is 29.5. The van der Waals surface area contributed by atoms with Gasteiger partial charge in [0, 0.05) is 62.3 Å². The summed E-state index contributed by atoms with van der Waals surface area (Å²) in [7, 11) is 1.81. The highest BCUT2D eigenvalue weighted by Crippen LogP contribution is 2.34. The number of carbonyl (C=O) groups is 3. The van der Waals surface area contributed by atoms with Gasteiger partial charge in [-0.3, -0.25) is 29.6 Å². The molecule has 9 nitrogen and oxygen atoms in total. The summed E-state index contributed by atoms with van der Waals surface area (Å²) in [6.45, 7) is 2.99. The fourth-order valence-electron chi connectivity index (χ4n) is 7.26. The predicted octanol–water partition coefficient (Wildman–Crippen LogP) is 4.32. The Labute approximate surface area is 251 Å². The lowest BCUT2D eigenvalue weighted by Gasteiger charge is -2.29. The van der Waals surface area contributed by atoms with Gasteiger partial charge in [-0.15, -0.1) is 0 Å². The lowest BCUT2D eigenvalue weighted by molar-refractivity contribution is -0.136. The number of fused-ring (bicyclic) bond motifs is 2. The molecule has 4 heterocycles. The minimum atomic E-state index is -0.612. The first-order valence-corrected chi connectivity index (χ1v) is 15.5. The van der Waals surface area contributed by atoms with Crippen LogP contribution in [0.4, 0.5) is 0 Å². The van der Waals surface area contributed by atoms with Crippen molar-refractivity contribution in [2.24, 2.45) is 0 Å². The zero-order valence-electron chi connectivity index (χ0n) is 24.6. The minimum absolute atomic E-state index is 0.0671. The lowest BCUT2D eigenvalue weighted by Crippen LogP contribution is -2.52. The Morgan fingerprint density at radius 1 is 0.977 bits per heavy atom. The number of benzene rings is 2. The van der Waals surface area contributed by atoms with E-state index >= 15 is 0 Å². The Morgan fingerprint density at radius 3 is 2.74 bits per heavy atom. The van der Waals surface area contributed by atoms with Crippen LogP contribution in [-0.4, -0.2) is 71.0 Å². The van der Waals surface area contributed by atoms with Gasteiger partial charge in [0.25, 0.3) is 5.91 Å². The Morgan fingerprint density at radius 2 is 1.88 bits per heavy atom. The largest absolute Gasteiger partial charge is 0.489 e. The molecule has 224 valence electrons. The van der Waals surface area contributed by atoms with Crippen molar-refractivity contribution in [2.45, 2.75) is 82.2 Å². The standard InChI is InChI=1S/C34H38N4O5/c1-42-25-4-2-3-22(16-25)30-10-6-23-15-21(5-9-29(23)35-30)18-37-14-13-27(20-37)43-26-7-8-28-24(17-26)19-38(34(28)41)31-11-12-32(39)36-33(31)40/h5-10,15,17,22,25,27,31H,2-4,11-14,16,18-20H2,1H3,(H,36,39,40)/t22-,25-,27-,31?/m0/s1. The van der Waals surface area contributed by atoms with Crippen LogP contribution in [0.3, 0.4) is 0 Å². The fourth-order valence-corrected chi connectivity index (χ4v) is 7.26. The quantitative estimate of drug-likeness (QED) is 0.414. The van der Waals surface area contributed by atoms with E-state index < -0.39 is 11.9 Å². The number of carbonyl (C=O) groups excluding carboxylic acids is 3. The van der Waals surface area contributed by atoms with Crippen molar-refractivity contribution >= 4 is 28.6 Å². The summed E-state index contributed by atoms with van der Waals surface area (Å²) in [5.74, 6) is 0.366. The molecule has 9 heteroatoms. The summed E-state index contributed by atoms with van der Waals surface area (Å²) in [5, 5.41) is 3.53. The van der Waals surface area contributed by atoms with Crippen LogP contribution in [0.1, 0.15) is 78.0 Å². The number of pyridine rings is 1. The van der Waals surface area contributed by atoms with Crippen LogP contribution in [0, 0.1) is 0 Å². The maximum atomic E-state index is 13.0. The number of imide groups is 1. The number of hydrogen-bond acceptors (Lipinski definition) is 7. The second-order valence-electron chi connectivity index (χ2n) is 12.5. The van der Waals surface area contributed by atoms with Crippen LogP contribution in [0.25, 0.3) is 10.9 Å². The molecule has 1 aliphatic carbocycles. The van der Waals surface area contributed by atoms with Gasteiger partial charge in [-0.25, -0.2) is 0 Å². The molecular formula is C34H38N4O5. The summed E-state index contributed by atoms with van der Waals surface area (Å²) < 4.78 is 12.0. The van der Waals surface area contributed by atoms with Crippen molar-refractivity contribution in [1.29, 1.82) is 0 Å². The summed E-state index contributed by atoms with van der Waals surface area (Å²) in [6, 6.07) is 16.0. The van der Waals surface area contributed by atoms with Crippen LogP contribution in [-0.2, 0) is 27.4 Å². The van der Waals surface area contributed by atoms with Crippen molar-refractivity contribution in [3.63, 3.8) is 0 Å². The SMILES string of the molecule is CO[C@H]1CCC[C@H](c2ccc3cc(CN4CC[C@H](Oc5ccc6c(c5)CN(C5CCC(=O)NC5=O)C6=O)C4)ccc3n2)C1. The molecule has 1 aromatic heterocycles. The van der Waals surface area contributed by atoms with E-state index in [0.29, 0.717) is 30.6 Å². The Hall–Kier alpha value is -3.82. The van der Waals surface area contributed by atoms with E-state index in [1.54, 1.807) is 11.0 Å². The second kappa shape index (κ2) is 11.7. The monoisotopic (exact) mass is 582 g/mol. The molecule has 3 fully saturated rings. The van der Waals surface area contributed by atoms with E-state index in [1.165, 1.54) is 29.5 Å². The highest BCUT2D eigenvalue weighted by atomic mass is 16.5. The minimum Gasteiger partial charge on any atom is -0.489 e. The van der Waals surface area contributed by atoms with Gasteiger partial charge in [-0.05, 0) is 79.6 Å². The van der Waals surface area contributed by atoms with Gasteiger partial charge in [0.15, 0.2) is 0 Å². The number of aromatic nitrogens is 1. The summed E-state index contributed by atoms with van der Waals surface area (Å²) in [6.07, 6.45) is 6.51. The maximum Gasteiger partial charge on any atom is 0.255 e. The number of ether oxygens (including phenoxy) is 2. The molecule has 2 aromatic carbocycles. The van der Waals surface area contributed by atoms with Crippen molar-refractivity contribution < 1.29 is 23.9 Å². The average Bonchev–Trinajstić information content (AvgIpc) is 3.59. The van der Waals surface area contributed by atoms with Gasteiger partial charge in [0.2, 0.25) is 11.8 Å². The number of rotatable bonds is 7. The van der Waals surface area contributed by atoms with E-state index in [0.717, 1.165) is 55.7 Å². The summed E-state index contributed by atoms with van der Waals surface area (Å²) in [4.78, 5) is 45.9. The number of hydrogen-bond donors (Lipinski definition) is 1. The molecule has 7 rings (SSSR count). The molecule has 1 unspecified atom stereocenters. The third-order valence-electron chi connectivity index (χ3n) is 9.59. The first-order valence-electron chi connectivity index (χ1n) is 15.5. The van der Waals surface area contributed by atoms with Crippen molar-refractivity contribution in [3.05, 3.63) is 70.9 Å². The lowest BCUT2D eigenvalue weighted by atomic mass is 9.84. The summed E-state index contributed by atoms with van der Waals surface area (Å²) >= 11 is 0. The number of piperidine rings is 1. The van der Waals surface area contributed by atoms with E-state index in [2.05, 4.69) is 40.5 Å². The molecule has 2 saturated heterocycles. The average molecular weight is 583 g/mol. The van der Waals surface area contributed by atoms with Gasteiger partial charge in [-0.2, -0.15) is 0 Å². The number of methoxy groups -OCH3 is 1. The van der Waals surface area contributed by atoms with Gasteiger partial charge in [-0.1, -0.05) is 18.6 Å². The van der Waals surface area contributed by atoms with E-state index in [1.807, 2.05) is 19.2 Å². The fraction of sp³-hybridized carbons (Fsp3) is 0.471. The van der Waals surface area contributed by atoms with Crippen LogP contribution < -0.4 is 10.1 Å². The number of amides is 3. The molecule has 3 aromatic rings. The smallest absolute Gasteiger partial charge is 0.255 e. The maximum absolute atomic E-state index is 13.0. The highest BCUT2D eigenvalue weighted by Gasteiger charge is 2.39. The first kappa shape index (κ1) is 28.0. The van der Waals surface area contributed by atoms with Crippen molar-refractivity contribution in [2.75, 3.05) is 20.2 Å². The van der Waals surface area contributed by atoms with Crippen LogP contribution in [0.15, 0.2) is 48.5 Å². The Kier molecular flexibility index (Phi) is 7.61. The van der Waals surface area contributed by atoms with Crippen molar-refractivity contribution in [1.82, 2.24) is 20.1 Å².